The van der Waals surface area contributed by atoms with Crippen molar-refractivity contribution in [1.29, 1.82) is 0 Å². The van der Waals surface area contributed by atoms with Gasteiger partial charge in [-0.15, -0.1) is 11.3 Å². The van der Waals surface area contributed by atoms with E-state index in [0.29, 0.717) is 16.4 Å². The highest BCUT2D eigenvalue weighted by Crippen LogP contribution is 2.33. The van der Waals surface area contributed by atoms with Crippen LogP contribution >= 0.6 is 11.3 Å². The maximum absolute atomic E-state index is 12.6. The van der Waals surface area contributed by atoms with Gasteiger partial charge in [-0.05, 0) is 31.4 Å². The molecule has 2 amide bonds. The normalized spacial score (nSPS) is 23.6. The van der Waals surface area contributed by atoms with E-state index in [-0.39, 0.29) is 22.6 Å². The van der Waals surface area contributed by atoms with Crippen molar-refractivity contribution in [2.75, 3.05) is 25.0 Å². The average molecular weight is 424 g/mol. The molecule has 1 aromatic heterocycles. The number of nitrogens with one attached hydrogen (secondary N) is 2. The fourth-order valence-corrected chi connectivity index (χ4v) is 4.77. The molecule has 1 aromatic carbocycles. The van der Waals surface area contributed by atoms with Gasteiger partial charge in [0, 0.05) is 36.6 Å². The van der Waals surface area contributed by atoms with Gasteiger partial charge < -0.3 is 15.5 Å². The number of halogens is 3. The summed E-state index contributed by atoms with van der Waals surface area (Å²) in [5, 5.41) is 5.14. The van der Waals surface area contributed by atoms with Crippen molar-refractivity contribution in [3.05, 3.63) is 35.5 Å². The molecule has 2 N–H and O–H groups in total. The van der Waals surface area contributed by atoms with Gasteiger partial charge in [-0.25, -0.2) is 4.98 Å². The van der Waals surface area contributed by atoms with Crippen LogP contribution in [0, 0.1) is 5.92 Å². The lowest BCUT2D eigenvalue weighted by Gasteiger charge is -2.30. The summed E-state index contributed by atoms with van der Waals surface area (Å²) < 4.78 is 37.7. The van der Waals surface area contributed by atoms with E-state index in [1.807, 2.05) is 5.32 Å². The van der Waals surface area contributed by atoms with E-state index in [1.54, 1.807) is 12.1 Å². The van der Waals surface area contributed by atoms with Gasteiger partial charge >= 0.3 is 12.1 Å². The summed E-state index contributed by atoms with van der Waals surface area (Å²) in [5.41, 5.74) is 0.394. The van der Waals surface area contributed by atoms with Gasteiger partial charge in [0.25, 0.3) is 5.91 Å². The Bertz CT molecular complexity index is 918. The van der Waals surface area contributed by atoms with Crippen molar-refractivity contribution < 1.29 is 22.8 Å². The minimum Gasteiger partial charge on any atom is -0.346 e. The third kappa shape index (κ3) is 4.43. The fraction of sp³-hybridized carbons (Fsp3) is 0.421. The minimum absolute atomic E-state index is 0.0158. The second-order valence-electron chi connectivity index (χ2n) is 7.35. The lowest BCUT2D eigenvalue weighted by atomic mass is 9.97. The Labute approximate surface area is 169 Å². The molecule has 2 aliphatic rings. The minimum atomic E-state index is -4.98. The molecular formula is C19H19F3N4O2S. The Kier molecular flexibility index (Phi) is 5.30. The monoisotopic (exact) mass is 424 g/mol. The maximum atomic E-state index is 12.6. The molecule has 29 heavy (non-hydrogen) atoms. The van der Waals surface area contributed by atoms with E-state index in [1.165, 1.54) is 18.3 Å². The number of nitrogens with zero attached hydrogens (tertiary/aromatic N) is 2. The lowest BCUT2D eigenvalue weighted by molar-refractivity contribution is -0.167. The van der Waals surface area contributed by atoms with Crippen molar-refractivity contribution >= 4 is 28.8 Å². The number of amides is 2. The highest BCUT2D eigenvalue weighted by molar-refractivity contribution is 7.17. The molecule has 0 aliphatic carbocycles. The van der Waals surface area contributed by atoms with Crippen LogP contribution in [0.5, 0.6) is 0 Å². The summed E-state index contributed by atoms with van der Waals surface area (Å²) in [6.07, 6.45) is -1.44. The number of fused-ring (bicyclic) bond motifs is 2. The van der Waals surface area contributed by atoms with Crippen molar-refractivity contribution in [3.8, 4) is 10.4 Å². The predicted molar refractivity (Wildman–Crippen MR) is 103 cm³/mol. The second-order valence-corrected chi connectivity index (χ2v) is 8.38. The number of benzene rings is 1. The first kappa shape index (κ1) is 19.8. The molecular weight excluding hydrogens is 405 g/mol. The molecule has 2 aliphatic heterocycles. The molecule has 3 atom stereocenters. The third-order valence-electron chi connectivity index (χ3n) is 5.20. The summed E-state index contributed by atoms with van der Waals surface area (Å²) >= 11 is 1.08. The van der Waals surface area contributed by atoms with Crippen LogP contribution in [0.15, 0.2) is 30.5 Å². The Balaban J connectivity index is 1.48. The Morgan fingerprint density at radius 3 is 2.76 bits per heavy atom. The number of hydrogen-bond acceptors (Lipinski definition) is 5. The number of carbonyl (C=O) groups excluding carboxylic acids is 2. The van der Waals surface area contributed by atoms with E-state index in [9.17, 15) is 22.8 Å². The number of hydrogen-bond donors (Lipinski definition) is 2. The molecule has 4 rings (SSSR count). The summed E-state index contributed by atoms with van der Waals surface area (Å²) in [4.78, 5) is 30.9. The number of piperidine rings is 1. The second kappa shape index (κ2) is 7.75. The molecule has 0 radical (unpaired) electrons. The first-order chi connectivity index (χ1) is 13.8. The van der Waals surface area contributed by atoms with E-state index in [4.69, 9.17) is 0 Å². The smallest absolute Gasteiger partial charge is 0.346 e. The van der Waals surface area contributed by atoms with Crippen LogP contribution in [-0.2, 0) is 4.79 Å². The Morgan fingerprint density at radius 1 is 1.21 bits per heavy atom. The quantitative estimate of drug-likeness (QED) is 0.791. The first-order valence-electron chi connectivity index (χ1n) is 9.26. The highest BCUT2D eigenvalue weighted by Gasteiger charge is 2.39. The van der Waals surface area contributed by atoms with Crippen molar-refractivity contribution in [2.24, 2.45) is 5.92 Å². The van der Waals surface area contributed by atoms with Gasteiger partial charge in [0.15, 0.2) is 5.01 Å². The number of rotatable bonds is 4. The SMILES string of the molecule is O=C(N[C@H]1C[C@H]2CCN(C2)C1)c1ncc(-c2ccccc2NC(=O)C(F)(F)F)s1. The van der Waals surface area contributed by atoms with Crippen molar-refractivity contribution in [2.45, 2.75) is 25.1 Å². The van der Waals surface area contributed by atoms with Gasteiger partial charge in [0.05, 0.1) is 4.88 Å². The van der Waals surface area contributed by atoms with Gasteiger partial charge in [0.1, 0.15) is 0 Å². The largest absolute Gasteiger partial charge is 0.471 e. The predicted octanol–water partition coefficient (Wildman–Crippen LogP) is 3.13. The summed E-state index contributed by atoms with van der Waals surface area (Å²) in [6, 6.07) is 6.20. The van der Waals surface area contributed by atoms with Crippen molar-refractivity contribution in [1.82, 2.24) is 15.2 Å². The van der Waals surface area contributed by atoms with E-state index >= 15 is 0 Å². The fourth-order valence-electron chi connectivity index (χ4n) is 3.92. The van der Waals surface area contributed by atoms with Crippen LogP contribution in [0.2, 0.25) is 0 Å². The Morgan fingerprint density at radius 2 is 2.00 bits per heavy atom. The zero-order chi connectivity index (χ0) is 20.6. The average Bonchev–Trinajstić information content (AvgIpc) is 3.28. The van der Waals surface area contributed by atoms with Gasteiger partial charge in [-0.2, -0.15) is 13.2 Å². The topological polar surface area (TPSA) is 74.3 Å². The molecule has 3 heterocycles. The zero-order valence-corrected chi connectivity index (χ0v) is 16.1. The van der Waals surface area contributed by atoms with Gasteiger partial charge in [-0.3, -0.25) is 9.59 Å². The highest BCUT2D eigenvalue weighted by atomic mass is 32.1. The number of para-hydroxylation sites is 1. The molecule has 2 aromatic rings. The molecule has 1 unspecified atom stereocenters. The van der Waals surface area contributed by atoms with Crippen LogP contribution in [0.4, 0.5) is 18.9 Å². The molecule has 2 fully saturated rings. The number of carbonyl (C=O) groups is 2. The lowest BCUT2D eigenvalue weighted by Crippen LogP contribution is -2.46. The molecule has 0 spiro atoms. The molecule has 2 saturated heterocycles. The zero-order valence-electron chi connectivity index (χ0n) is 15.3. The maximum Gasteiger partial charge on any atom is 0.471 e. The van der Waals surface area contributed by atoms with E-state index in [0.717, 1.165) is 43.8 Å². The van der Waals surface area contributed by atoms with Gasteiger partial charge in [0.2, 0.25) is 0 Å². The standard InChI is InChI=1S/C19H19F3N4O2S/c20-19(21,22)18(28)25-14-4-2-1-3-13(14)15-8-23-17(29-15)16(27)24-12-7-11-5-6-26(9-11)10-12/h1-4,8,11-12H,5-7,9-10H2,(H,24,27)(H,25,28)/t11-,12+/m1/s1. The van der Waals surface area contributed by atoms with Crippen LogP contribution < -0.4 is 10.6 Å². The van der Waals surface area contributed by atoms with Crippen LogP contribution in [-0.4, -0.2) is 53.6 Å². The number of anilines is 1. The summed E-state index contributed by atoms with van der Waals surface area (Å²) in [6.45, 7) is 2.99. The van der Waals surface area contributed by atoms with Crippen molar-refractivity contribution in [3.63, 3.8) is 0 Å². The van der Waals surface area contributed by atoms with E-state index in [2.05, 4.69) is 15.2 Å². The molecule has 6 nitrogen and oxygen atoms in total. The summed E-state index contributed by atoms with van der Waals surface area (Å²) in [7, 11) is 0. The molecule has 10 heteroatoms. The van der Waals surface area contributed by atoms with Crippen LogP contribution in [0.25, 0.3) is 10.4 Å². The molecule has 2 bridgehead atoms. The summed E-state index contributed by atoms with van der Waals surface area (Å²) in [5.74, 6) is -1.72. The number of alkyl halides is 3. The first-order valence-corrected chi connectivity index (χ1v) is 10.1. The number of aromatic nitrogens is 1. The Hall–Kier alpha value is -2.46. The third-order valence-corrected chi connectivity index (χ3v) is 6.23. The van der Waals surface area contributed by atoms with E-state index < -0.39 is 12.1 Å². The van der Waals surface area contributed by atoms with Gasteiger partial charge in [-0.1, -0.05) is 18.2 Å². The molecule has 154 valence electrons. The van der Waals surface area contributed by atoms with Crippen LogP contribution in [0.3, 0.4) is 0 Å². The van der Waals surface area contributed by atoms with Crippen LogP contribution in [0.1, 0.15) is 22.6 Å². The number of thiazole rings is 1. The molecule has 0 saturated carbocycles.